The van der Waals surface area contributed by atoms with Crippen LogP contribution in [0.1, 0.15) is 25.3 Å². The van der Waals surface area contributed by atoms with Crippen molar-refractivity contribution < 1.29 is 9.53 Å². The quantitative estimate of drug-likeness (QED) is 0.852. The van der Waals surface area contributed by atoms with E-state index in [0.29, 0.717) is 17.4 Å². The number of ether oxygens (including phenoxy) is 1. The van der Waals surface area contributed by atoms with Crippen molar-refractivity contribution >= 4 is 5.91 Å². The standard InChI is InChI=1S/C17H23N3O2/c1-13(22-16-6-4-5-14(11-16)12-18)17(21)20-9-7-15(8-10-20)19(2)3/h4-6,11,13,15H,7-10H2,1-3H3/t13-/m0/s1. The normalized spacial score (nSPS) is 17.1. The lowest BCUT2D eigenvalue weighted by Gasteiger charge is -2.36. The number of amides is 1. The summed E-state index contributed by atoms with van der Waals surface area (Å²) in [5.74, 6) is 0.572. The van der Waals surface area contributed by atoms with Gasteiger partial charge in [-0.3, -0.25) is 4.79 Å². The van der Waals surface area contributed by atoms with Crippen LogP contribution in [0.2, 0.25) is 0 Å². The van der Waals surface area contributed by atoms with Gasteiger partial charge < -0.3 is 14.5 Å². The summed E-state index contributed by atoms with van der Waals surface area (Å²) in [6.07, 6.45) is 1.45. The molecule has 5 heteroatoms. The molecule has 0 radical (unpaired) electrons. The maximum Gasteiger partial charge on any atom is 0.263 e. The lowest BCUT2D eigenvalue weighted by Crippen LogP contribution is -2.48. The topological polar surface area (TPSA) is 56.6 Å². The third kappa shape index (κ3) is 3.99. The van der Waals surface area contributed by atoms with Crippen LogP contribution in [0.25, 0.3) is 0 Å². The minimum atomic E-state index is -0.537. The van der Waals surface area contributed by atoms with Crippen LogP contribution >= 0.6 is 0 Å². The molecule has 0 aromatic heterocycles. The summed E-state index contributed by atoms with van der Waals surface area (Å²) >= 11 is 0. The van der Waals surface area contributed by atoms with Gasteiger partial charge in [0.1, 0.15) is 5.75 Å². The van der Waals surface area contributed by atoms with E-state index >= 15 is 0 Å². The number of hydrogen-bond acceptors (Lipinski definition) is 4. The average Bonchev–Trinajstić information content (AvgIpc) is 2.54. The molecule has 1 aromatic rings. The summed E-state index contributed by atoms with van der Waals surface area (Å²) in [6.45, 7) is 3.31. The fraction of sp³-hybridized carbons (Fsp3) is 0.529. The minimum absolute atomic E-state index is 0.0135. The highest BCUT2D eigenvalue weighted by atomic mass is 16.5. The first-order valence-corrected chi connectivity index (χ1v) is 7.63. The summed E-state index contributed by atoms with van der Waals surface area (Å²) in [5, 5.41) is 8.89. The number of benzene rings is 1. The molecule has 5 nitrogen and oxygen atoms in total. The van der Waals surface area contributed by atoms with Crippen molar-refractivity contribution in [1.82, 2.24) is 9.80 Å². The number of hydrogen-bond donors (Lipinski definition) is 0. The first-order chi connectivity index (χ1) is 10.5. The van der Waals surface area contributed by atoms with Gasteiger partial charge in [-0.05, 0) is 52.1 Å². The monoisotopic (exact) mass is 301 g/mol. The second-order valence-electron chi connectivity index (χ2n) is 5.92. The van der Waals surface area contributed by atoms with Gasteiger partial charge in [-0.1, -0.05) is 6.07 Å². The maximum absolute atomic E-state index is 12.5. The van der Waals surface area contributed by atoms with Crippen molar-refractivity contribution in [1.29, 1.82) is 5.26 Å². The molecule has 1 aromatic carbocycles. The van der Waals surface area contributed by atoms with Crippen molar-refractivity contribution in [2.24, 2.45) is 0 Å². The predicted molar refractivity (Wildman–Crippen MR) is 84.5 cm³/mol. The predicted octanol–water partition coefficient (Wildman–Crippen LogP) is 1.88. The number of carbonyl (C=O) groups excluding carboxylic acids is 1. The first-order valence-electron chi connectivity index (χ1n) is 7.63. The van der Waals surface area contributed by atoms with Gasteiger partial charge >= 0.3 is 0 Å². The Hall–Kier alpha value is -2.06. The molecule has 22 heavy (non-hydrogen) atoms. The summed E-state index contributed by atoms with van der Waals surface area (Å²) in [5.41, 5.74) is 0.531. The molecule has 1 atom stereocenters. The fourth-order valence-electron chi connectivity index (χ4n) is 2.75. The van der Waals surface area contributed by atoms with Gasteiger partial charge in [0.15, 0.2) is 6.10 Å². The summed E-state index contributed by atoms with van der Waals surface area (Å²) in [6, 6.07) is 9.51. The maximum atomic E-state index is 12.5. The number of nitrogens with zero attached hydrogens (tertiary/aromatic N) is 3. The fourth-order valence-corrected chi connectivity index (χ4v) is 2.75. The number of rotatable bonds is 4. The van der Waals surface area contributed by atoms with E-state index in [4.69, 9.17) is 10.00 Å². The highest BCUT2D eigenvalue weighted by Gasteiger charge is 2.27. The van der Waals surface area contributed by atoms with E-state index in [1.165, 1.54) is 0 Å². The molecule has 0 bridgehead atoms. The van der Waals surface area contributed by atoms with Crippen molar-refractivity contribution in [3.05, 3.63) is 29.8 Å². The van der Waals surface area contributed by atoms with Crippen molar-refractivity contribution in [3.8, 4) is 11.8 Å². The lowest BCUT2D eigenvalue weighted by atomic mass is 10.0. The Morgan fingerprint density at radius 2 is 2.09 bits per heavy atom. The van der Waals surface area contributed by atoms with Gasteiger partial charge in [0, 0.05) is 19.1 Å². The highest BCUT2D eigenvalue weighted by Crippen LogP contribution is 2.18. The molecule has 118 valence electrons. The molecule has 1 aliphatic heterocycles. The van der Waals surface area contributed by atoms with E-state index in [9.17, 15) is 4.79 Å². The molecule has 1 fully saturated rings. The molecule has 0 aliphatic carbocycles. The SMILES string of the molecule is C[C@H](Oc1cccc(C#N)c1)C(=O)N1CCC(N(C)C)CC1. The smallest absolute Gasteiger partial charge is 0.263 e. The molecular weight excluding hydrogens is 278 g/mol. The molecule has 0 unspecified atom stereocenters. The van der Waals surface area contributed by atoms with Gasteiger partial charge in [-0.2, -0.15) is 5.26 Å². The molecule has 0 saturated carbocycles. The van der Waals surface area contributed by atoms with Crippen molar-refractivity contribution in [3.63, 3.8) is 0 Å². The van der Waals surface area contributed by atoms with Crippen LogP contribution in [0, 0.1) is 11.3 Å². The first kappa shape index (κ1) is 16.3. The van der Waals surface area contributed by atoms with E-state index in [2.05, 4.69) is 25.1 Å². The van der Waals surface area contributed by atoms with Crippen LogP contribution < -0.4 is 4.74 Å². The second-order valence-corrected chi connectivity index (χ2v) is 5.92. The molecule has 0 spiro atoms. The zero-order chi connectivity index (χ0) is 16.1. The minimum Gasteiger partial charge on any atom is -0.481 e. The Bertz CT molecular complexity index is 557. The summed E-state index contributed by atoms with van der Waals surface area (Å²) in [4.78, 5) is 16.5. The van der Waals surface area contributed by atoms with Gasteiger partial charge in [-0.25, -0.2) is 0 Å². The van der Waals surface area contributed by atoms with E-state index in [1.807, 2.05) is 4.90 Å². The molecule has 1 saturated heterocycles. The van der Waals surface area contributed by atoms with Crippen LogP contribution in [0.15, 0.2) is 24.3 Å². The van der Waals surface area contributed by atoms with Gasteiger partial charge in [0.2, 0.25) is 0 Å². The largest absolute Gasteiger partial charge is 0.481 e. The van der Waals surface area contributed by atoms with Crippen LogP contribution in [-0.4, -0.2) is 55.0 Å². The van der Waals surface area contributed by atoms with E-state index < -0.39 is 6.10 Å². The lowest BCUT2D eigenvalue weighted by molar-refractivity contribution is -0.139. The number of piperidine rings is 1. The summed E-state index contributed by atoms with van der Waals surface area (Å²) in [7, 11) is 4.16. The Labute approximate surface area is 132 Å². The average molecular weight is 301 g/mol. The molecular formula is C17H23N3O2. The second kappa shape index (κ2) is 7.28. The molecule has 1 aliphatic rings. The number of likely N-dealkylation sites (tertiary alicyclic amines) is 1. The van der Waals surface area contributed by atoms with Gasteiger partial charge in [0.05, 0.1) is 11.6 Å². The van der Waals surface area contributed by atoms with E-state index in [0.717, 1.165) is 25.9 Å². The highest BCUT2D eigenvalue weighted by molar-refractivity contribution is 5.81. The molecule has 2 rings (SSSR count). The van der Waals surface area contributed by atoms with Gasteiger partial charge in [0.25, 0.3) is 5.91 Å². The van der Waals surface area contributed by atoms with E-state index in [-0.39, 0.29) is 5.91 Å². The van der Waals surface area contributed by atoms with Crippen LogP contribution in [0.3, 0.4) is 0 Å². The molecule has 0 N–H and O–H groups in total. The summed E-state index contributed by atoms with van der Waals surface area (Å²) < 4.78 is 5.69. The van der Waals surface area contributed by atoms with Crippen molar-refractivity contribution in [2.45, 2.75) is 31.9 Å². The zero-order valence-corrected chi connectivity index (χ0v) is 13.5. The number of carbonyl (C=O) groups is 1. The zero-order valence-electron chi connectivity index (χ0n) is 13.5. The Morgan fingerprint density at radius 3 is 2.68 bits per heavy atom. The third-order valence-corrected chi connectivity index (χ3v) is 4.13. The number of nitriles is 1. The van der Waals surface area contributed by atoms with Crippen LogP contribution in [0.5, 0.6) is 5.75 Å². The van der Waals surface area contributed by atoms with Gasteiger partial charge in [-0.15, -0.1) is 0 Å². The molecule has 1 heterocycles. The van der Waals surface area contributed by atoms with Crippen LogP contribution in [0.4, 0.5) is 0 Å². The third-order valence-electron chi connectivity index (χ3n) is 4.13. The Balaban J connectivity index is 1.91. The Kier molecular flexibility index (Phi) is 5.40. The molecule has 1 amide bonds. The van der Waals surface area contributed by atoms with Crippen LogP contribution in [-0.2, 0) is 4.79 Å². The van der Waals surface area contributed by atoms with Crippen molar-refractivity contribution in [2.75, 3.05) is 27.2 Å². The van der Waals surface area contributed by atoms with E-state index in [1.54, 1.807) is 31.2 Å². The Morgan fingerprint density at radius 1 is 1.41 bits per heavy atom.